The van der Waals surface area contributed by atoms with Gasteiger partial charge in [-0.1, -0.05) is 48.5 Å². The van der Waals surface area contributed by atoms with Gasteiger partial charge in [0.1, 0.15) is 0 Å². The van der Waals surface area contributed by atoms with E-state index < -0.39 is 5.97 Å². The standard InChI is InChI=1S/C33H32N4O4/c38-29(39)13-7-6-12-27-30(22-8-2-1-3-9-22)36-26-15-14-23(20-28(26)35-27)32(41)37-18-16-33(17-19-37)21-34-31(40)24-10-4-5-11-25(24)33/h1-5,8-11,14-15,20H,6-7,12-13,16-19,21H2,(H,34,40)(H,38,39). The van der Waals surface area contributed by atoms with Crippen LogP contribution >= 0.6 is 0 Å². The Labute approximate surface area is 238 Å². The fourth-order valence-electron chi connectivity index (χ4n) is 6.14. The number of carbonyl (C=O) groups is 3. The monoisotopic (exact) mass is 548 g/mol. The van der Waals surface area contributed by atoms with E-state index in [0.717, 1.165) is 40.9 Å². The quantitative estimate of drug-likeness (QED) is 0.314. The van der Waals surface area contributed by atoms with Gasteiger partial charge >= 0.3 is 5.97 Å². The van der Waals surface area contributed by atoms with E-state index in [1.807, 2.05) is 71.6 Å². The number of benzene rings is 3. The summed E-state index contributed by atoms with van der Waals surface area (Å²) in [5.74, 6) is -0.868. The number of hydrogen-bond acceptors (Lipinski definition) is 5. The lowest BCUT2D eigenvalue weighted by molar-refractivity contribution is -0.137. The molecule has 1 fully saturated rings. The van der Waals surface area contributed by atoms with Crippen molar-refractivity contribution in [2.45, 2.75) is 43.9 Å². The number of carbonyl (C=O) groups excluding carboxylic acids is 2. The van der Waals surface area contributed by atoms with Gasteiger partial charge in [-0.25, -0.2) is 9.97 Å². The molecule has 0 bridgehead atoms. The Morgan fingerprint density at radius 2 is 1.66 bits per heavy atom. The van der Waals surface area contributed by atoms with Crippen molar-refractivity contribution >= 4 is 28.8 Å². The molecule has 1 aromatic heterocycles. The number of piperidine rings is 1. The minimum Gasteiger partial charge on any atom is -0.481 e. The van der Waals surface area contributed by atoms with Crippen LogP contribution in [0.3, 0.4) is 0 Å². The third-order valence-electron chi connectivity index (χ3n) is 8.42. The van der Waals surface area contributed by atoms with Gasteiger partial charge in [-0.2, -0.15) is 0 Å². The second kappa shape index (κ2) is 11.1. The van der Waals surface area contributed by atoms with Gasteiger partial charge in [-0.3, -0.25) is 14.4 Å². The van der Waals surface area contributed by atoms with E-state index in [1.54, 1.807) is 0 Å². The zero-order chi connectivity index (χ0) is 28.4. The maximum Gasteiger partial charge on any atom is 0.303 e. The highest BCUT2D eigenvalue weighted by molar-refractivity contribution is 5.98. The first kappa shape index (κ1) is 26.6. The zero-order valence-corrected chi connectivity index (χ0v) is 22.8. The molecule has 0 atom stereocenters. The maximum absolute atomic E-state index is 13.6. The number of hydrogen-bond donors (Lipinski definition) is 2. The van der Waals surface area contributed by atoms with Crippen LogP contribution in [0.25, 0.3) is 22.3 Å². The lowest BCUT2D eigenvalue weighted by atomic mass is 9.69. The number of carboxylic acid groups (broad SMARTS) is 1. The number of aryl methyl sites for hydroxylation is 1. The molecule has 2 N–H and O–H groups in total. The molecule has 41 heavy (non-hydrogen) atoms. The third kappa shape index (κ3) is 5.29. The second-order valence-corrected chi connectivity index (χ2v) is 11.0. The Kier molecular flexibility index (Phi) is 7.22. The van der Waals surface area contributed by atoms with Gasteiger partial charge in [0.05, 0.1) is 22.4 Å². The topological polar surface area (TPSA) is 112 Å². The molecule has 3 aromatic carbocycles. The van der Waals surface area contributed by atoms with Crippen LogP contribution in [0.4, 0.5) is 0 Å². The molecule has 0 aliphatic carbocycles. The highest BCUT2D eigenvalue weighted by atomic mass is 16.4. The summed E-state index contributed by atoms with van der Waals surface area (Å²) >= 11 is 0. The Morgan fingerprint density at radius 1 is 0.902 bits per heavy atom. The first-order chi connectivity index (χ1) is 19.9. The van der Waals surface area contributed by atoms with E-state index in [0.29, 0.717) is 55.5 Å². The van der Waals surface area contributed by atoms with Gasteiger partial charge in [0.25, 0.3) is 11.8 Å². The number of aromatic nitrogens is 2. The Balaban J connectivity index is 1.23. The summed E-state index contributed by atoms with van der Waals surface area (Å²) in [6.07, 6.45) is 3.53. The Hall–Kier alpha value is -4.59. The highest BCUT2D eigenvalue weighted by Gasteiger charge is 2.42. The summed E-state index contributed by atoms with van der Waals surface area (Å²) in [5, 5.41) is 12.1. The van der Waals surface area contributed by atoms with E-state index in [-0.39, 0.29) is 23.7 Å². The molecule has 4 aromatic rings. The SMILES string of the molecule is O=C(O)CCCCc1nc2cc(C(=O)N3CCC4(CC3)CNC(=O)c3ccccc34)ccc2nc1-c1ccccc1. The molecule has 208 valence electrons. The van der Waals surface area contributed by atoms with Crippen LogP contribution < -0.4 is 5.32 Å². The van der Waals surface area contributed by atoms with Gasteiger partial charge in [-0.05, 0) is 61.9 Å². The first-order valence-corrected chi connectivity index (χ1v) is 14.2. The number of nitrogens with one attached hydrogen (secondary N) is 1. The molecule has 6 rings (SSSR count). The fraction of sp³-hybridized carbons (Fsp3) is 0.303. The Bertz CT molecular complexity index is 1630. The summed E-state index contributed by atoms with van der Waals surface area (Å²) in [4.78, 5) is 48.7. The Morgan fingerprint density at radius 3 is 2.44 bits per heavy atom. The molecule has 3 heterocycles. The number of nitrogens with zero attached hydrogens (tertiary/aromatic N) is 3. The summed E-state index contributed by atoms with van der Waals surface area (Å²) in [7, 11) is 0. The van der Waals surface area contributed by atoms with E-state index in [2.05, 4.69) is 11.4 Å². The van der Waals surface area contributed by atoms with Gasteiger partial charge in [0.2, 0.25) is 0 Å². The molecule has 8 heteroatoms. The van der Waals surface area contributed by atoms with Crippen molar-refractivity contribution in [3.05, 3.63) is 95.2 Å². The molecule has 8 nitrogen and oxygen atoms in total. The number of carboxylic acids is 1. The second-order valence-electron chi connectivity index (χ2n) is 11.0. The molecular weight excluding hydrogens is 516 g/mol. The van der Waals surface area contributed by atoms with Crippen molar-refractivity contribution in [1.82, 2.24) is 20.2 Å². The molecule has 0 radical (unpaired) electrons. The molecule has 0 saturated carbocycles. The van der Waals surface area contributed by atoms with Gasteiger partial charge in [-0.15, -0.1) is 0 Å². The molecule has 1 saturated heterocycles. The van der Waals surface area contributed by atoms with Crippen molar-refractivity contribution in [1.29, 1.82) is 0 Å². The summed E-state index contributed by atoms with van der Waals surface area (Å²) in [5.41, 5.74) is 6.15. The maximum atomic E-state index is 13.6. The lowest BCUT2D eigenvalue weighted by Gasteiger charge is -2.45. The summed E-state index contributed by atoms with van der Waals surface area (Å²) in [6, 6.07) is 23.2. The van der Waals surface area contributed by atoms with Crippen molar-refractivity contribution in [3.63, 3.8) is 0 Å². The van der Waals surface area contributed by atoms with E-state index in [9.17, 15) is 14.4 Å². The van der Waals surface area contributed by atoms with Crippen LogP contribution in [-0.2, 0) is 16.6 Å². The van der Waals surface area contributed by atoms with Crippen LogP contribution in [0.5, 0.6) is 0 Å². The van der Waals surface area contributed by atoms with Crippen molar-refractivity contribution < 1.29 is 19.5 Å². The first-order valence-electron chi connectivity index (χ1n) is 14.2. The molecule has 0 unspecified atom stereocenters. The number of rotatable bonds is 7. The number of aliphatic carboxylic acids is 1. The molecular formula is C33H32N4O4. The average Bonchev–Trinajstić information content (AvgIpc) is 3.01. The predicted molar refractivity (Wildman–Crippen MR) is 156 cm³/mol. The lowest BCUT2D eigenvalue weighted by Crippen LogP contribution is -2.53. The van der Waals surface area contributed by atoms with Crippen molar-refractivity contribution in [3.8, 4) is 11.3 Å². The molecule has 2 aliphatic heterocycles. The van der Waals surface area contributed by atoms with Crippen molar-refractivity contribution in [2.24, 2.45) is 0 Å². The van der Waals surface area contributed by atoms with E-state index >= 15 is 0 Å². The minimum atomic E-state index is -0.804. The van der Waals surface area contributed by atoms with Crippen LogP contribution in [0.2, 0.25) is 0 Å². The van der Waals surface area contributed by atoms with Gasteiger partial charge < -0.3 is 15.3 Å². The van der Waals surface area contributed by atoms with Crippen molar-refractivity contribution in [2.75, 3.05) is 19.6 Å². The highest BCUT2D eigenvalue weighted by Crippen LogP contribution is 2.39. The zero-order valence-electron chi connectivity index (χ0n) is 22.8. The number of fused-ring (bicyclic) bond motifs is 3. The fourth-order valence-corrected chi connectivity index (χ4v) is 6.14. The van der Waals surface area contributed by atoms with Crippen LogP contribution in [0.15, 0.2) is 72.8 Å². The van der Waals surface area contributed by atoms with Crippen LogP contribution in [-0.4, -0.2) is 57.4 Å². The summed E-state index contributed by atoms with van der Waals surface area (Å²) in [6.45, 7) is 1.80. The van der Waals surface area contributed by atoms with E-state index in [1.165, 1.54) is 0 Å². The van der Waals surface area contributed by atoms with E-state index in [4.69, 9.17) is 15.1 Å². The molecule has 1 spiro atoms. The van der Waals surface area contributed by atoms with Crippen LogP contribution in [0, 0.1) is 0 Å². The van der Waals surface area contributed by atoms with Gasteiger partial charge in [0, 0.05) is 48.2 Å². The summed E-state index contributed by atoms with van der Waals surface area (Å²) < 4.78 is 0. The minimum absolute atomic E-state index is 0.0290. The smallest absolute Gasteiger partial charge is 0.303 e. The predicted octanol–water partition coefficient (Wildman–Crippen LogP) is 5.01. The number of likely N-dealkylation sites (tertiary alicyclic amines) is 1. The number of amides is 2. The average molecular weight is 549 g/mol. The van der Waals surface area contributed by atoms with Gasteiger partial charge in [0.15, 0.2) is 0 Å². The molecule has 2 aliphatic rings. The largest absolute Gasteiger partial charge is 0.481 e. The van der Waals surface area contributed by atoms with Crippen LogP contribution in [0.1, 0.15) is 64.1 Å². The molecule has 2 amide bonds. The third-order valence-corrected chi connectivity index (χ3v) is 8.42. The normalized spacial score (nSPS) is 15.9. The number of unbranched alkanes of at least 4 members (excludes halogenated alkanes) is 1.